The van der Waals surface area contributed by atoms with Crippen LogP contribution in [0.1, 0.15) is 13.8 Å². The fourth-order valence-electron chi connectivity index (χ4n) is 0.399. The lowest BCUT2D eigenvalue weighted by Gasteiger charge is -1.93. The van der Waals surface area contributed by atoms with Crippen molar-refractivity contribution in [3.63, 3.8) is 0 Å². The molecule has 0 fully saturated rings. The quantitative estimate of drug-likeness (QED) is 0.440. The van der Waals surface area contributed by atoms with Crippen LogP contribution in [0.5, 0.6) is 0 Å². The number of allylic oxidation sites excluding steroid dienone is 1. The molecule has 10 heavy (non-hydrogen) atoms. The van der Waals surface area contributed by atoms with E-state index in [9.17, 15) is 4.79 Å². The van der Waals surface area contributed by atoms with Gasteiger partial charge in [0.1, 0.15) is 0 Å². The minimum Gasteiger partial charge on any atom is -0.342 e. The summed E-state index contributed by atoms with van der Waals surface area (Å²) in [7, 11) is 0. The molecule has 0 saturated heterocycles. The van der Waals surface area contributed by atoms with Crippen LogP contribution in [0.15, 0.2) is 11.6 Å². The predicted molar refractivity (Wildman–Crippen MR) is 41.3 cm³/mol. The first kappa shape index (κ1) is 8.77. The van der Waals surface area contributed by atoms with Gasteiger partial charge in [0.05, 0.1) is 0 Å². The van der Waals surface area contributed by atoms with Gasteiger partial charge in [0.25, 0.3) is 5.91 Å². The summed E-state index contributed by atoms with van der Waals surface area (Å²) in [6.07, 6.45) is 6.70. The summed E-state index contributed by atoms with van der Waals surface area (Å²) >= 11 is 0. The number of hydrogen-bond acceptors (Lipinski definition) is 1. The van der Waals surface area contributed by atoms with Crippen molar-refractivity contribution in [2.24, 2.45) is 0 Å². The average molecular weight is 137 g/mol. The Morgan fingerprint density at radius 1 is 1.70 bits per heavy atom. The molecule has 0 aromatic carbocycles. The van der Waals surface area contributed by atoms with Crippen molar-refractivity contribution < 1.29 is 4.79 Å². The van der Waals surface area contributed by atoms with Crippen LogP contribution in [0.25, 0.3) is 0 Å². The summed E-state index contributed by atoms with van der Waals surface area (Å²) < 4.78 is 0. The molecule has 0 rings (SSSR count). The van der Waals surface area contributed by atoms with Crippen molar-refractivity contribution in [3.8, 4) is 12.3 Å². The molecule has 0 aliphatic heterocycles. The Bertz CT molecular complexity index is 182. The van der Waals surface area contributed by atoms with Crippen LogP contribution in [0.3, 0.4) is 0 Å². The van der Waals surface area contributed by atoms with Crippen molar-refractivity contribution in [1.29, 1.82) is 0 Å². The second kappa shape index (κ2) is 4.63. The van der Waals surface area contributed by atoms with E-state index in [1.807, 2.05) is 25.8 Å². The zero-order chi connectivity index (χ0) is 7.98. The highest BCUT2D eigenvalue weighted by molar-refractivity contribution is 5.92. The van der Waals surface area contributed by atoms with Gasteiger partial charge in [0, 0.05) is 6.54 Å². The fourth-order valence-corrected chi connectivity index (χ4v) is 0.399. The molecule has 1 amide bonds. The Balaban J connectivity index is 3.50. The number of carbonyl (C=O) groups excluding carboxylic acids is 1. The third-order valence-electron chi connectivity index (χ3n) is 0.904. The average Bonchev–Trinajstić information content (AvgIpc) is 1.87. The first-order valence-electron chi connectivity index (χ1n) is 3.04. The van der Waals surface area contributed by atoms with E-state index in [4.69, 9.17) is 6.42 Å². The summed E-state index contributed by atoms with van der Waals surface area (Å²) in [6.45, 7) is 4.44. The van der Waals surface area contributed by atoms with Gasteiger partial charge in [-0.1, -0.05) is 11.6 Å². The molecule has 2 nitrogen and oxygen atoms in total. The van der Waals surface area contributed by atoms with E-state index in [-0.39, 0.29) is 5.91 Å². The van der Waals surface area contributed by atoms with E-state index in [1.165, 1.54) is 0 Å². The molecule has 0 radical (unpaired) electrons. The SMILES string of the molecule is C#CC(=O)NCC=C(C)C. The Morgan fingerprint density at radius 2 is 2.30 bits per heavy atom. The highest BCUT2D eigenvalue weighted by Crippen LogP contribution is 1.84. The van der Waals surface area contributed by atoms with E-state index in [0.29, 0.717) is 6.54 Å². The Morgan fingerprint density at radius 3 is 2.70 bits per heavy atom. The molecule has 0 atom stereocenters. The molecule has 1 N–H and O–H groups in total. The largest absolute Gasteiger partial charge is 0.342 e. The van der Waals surface area contributed by atoms with E-state index >= 15 is 0 Å². The van der Waals surface area contributed by atoms with Gasteiger partial charge in [-0.15, -0.1) is 6.42 Å². The normalized spacial score (nSPS) is 7.70. The van der Waals surface area contributed by atoms with Gasteiger partial charge in [-0.25, -0.2) is 0 Å². The molecular formula is C8H11NO. The summed E-state index contributed by atoms with van der Waals surface area (Å²) in [5.41, 5.74) is 1.16. The number of nitrogens with one attached hydrogen (secondary N) is 1. The van der Waals surface area contributed by atoms with Crippen LogP contribution in [-0.2, 0) is 4.79 Å². The molecule has 54 valence electrons. The van der Waals surface area contributed by atoms with Crippen LogP contribution < -0.4 is 5.32 Å². The summed E-state index contributed by atoms with van der Waals surface area (Å²) in [5.74, 6) is 1.60. The molecule has 0 spiro atoms. The smallest absolute Gasteiger partial charge is 0.295 e. The van der Waals surface area contributed by atoms with Gasteiger partial charge in [-0.05, 0) is 19.8 Å². The van der Waals surface area contributed by atoms with Crippen LogP contribution in [0.2, 0.25) is 0 Å². The number of terminal acetylenes is 1. The molecule has 0 aliphatic rings. The summed E-state index contributed by atoms with van der Waals surface area (Å²) in [4.78, 5) is 10.4. The van der Waals surface area contributed by atoms with E-state index in [0.717, 1.165) is 5.57 Å². The van der Waals surface area contributed by atoms with Gasteiger partial charge in [0.15, 0.2) is 0 Å². The third kappa shape index (κ3) is 4.92. The van der Waals surface area contributed by atoms with Crippen molar-refractivity contribution in [2.45, 2.75) is 13.8 Å². The third-order valence-corrected chi connectivity index (χ3v) is 0.904. The zero-order valence-corrected chi connectivity index (χ0v) is 6.27. The number of amides is 1. The van der Waals surface area contributed by atoms with Gasteiger partial charge in [0.2, 0.25) is 0 Å². The molecule has 0 aromatic rings. The molecule has 0 aromatic heterocycles. The second-order valence-corrected chi connectivity index (χ2v) is 2.14. The van der Waals surface area contributed by atoms with Gasteiger partial charge in [-0.3, -0.25) is 4.79 Å². The minimum atomic E-state index is -0.363. The lowest BCUT2D eigenvalue weighted by Crippen LogP contribution is -2.21. The standard InChI is InChI=1S/C8H11NO/c1-4-8(10)9-6-5-7(2)3/h1,5H,6H2,2-3H3,(H,9,10). The van der Waals surface area contributed by atoms with Crippen molar-refractivity contribution in [2.75, 3.05) is 6.54 Å². The summed E-state index contributed by atoms with van der Waals surface area (Å²) in [6, 6.07) is 0. The lowest BCUT2D eigenvalue weighted by atomic mass is 10.3. The van der Waals surface area contributed by atoms with Gasteiger partial charge in [-0.2, -0.15) is 0 Å². The van der Waals surface area contributed by atoms with Crippen LogP contribution in [0, 0.1) is 12.3 Å². The van der Waals surface area contributed by atoms with Gasteiger partial charge >= 0.3 is 0 Å². The monoisotopic (exact) mass is 137 g/mol. The molecule has 0 saturated carbocycles. The number of rotatable bonds is 2. The molecule has 0 unspecified atom stereocenters. The topological polar surface area (TPSA) is 29.1 Å². The maximum Gasteiger partial charge on any atom is 0.295 e. The Hall–Kier alpha value is -1.23. The van der Waals surface area contributed by atoms with Crippen LogP contribution in [0.4, 0.5) is 0 Å². The highest BCUT2D eigenvalue weighted by Gasteiger charge is 1.88. The van der Waals surface area contributed by atoms with Crippen molar-refractivity contribution >= 4 is 5.91 Å². The van der Waals surface area contributed by atoms with Crippen molar-refractivity contribution in [1.82, 2.24) is 5.32 Å². The Kier molecular flexibility index (Phi) is 4.06. The molecular weight excluding hydrogens is 126 g/mol. The first-order valence-corrected chi connectivity index (χ1v) is 3.04. The van der Waals surface area contributed by atoms with E-state index in [1.54, 1.807) is 0 Å². The minimum absolute atomic E-state index is 0.363. The number of carbonyl (C=O) groups is 1. The van der Waals surface area contributed by atoms with Gasteiger partial charge < -0.3 is 5.32 Å². The number of hydrogen-bond donors (Lipinski definition) is 1. The lowest BCUT2D eigenvalue weighted by molar-refractivity contribution is -0.115. The van der Waals surface area contributed by atoms with E-state index < -0.39 is 0 Å². The van der Waals surface area contributed by atoms with Crippen LogP contribution >= 0.6 is 0 Å². The maximum absolute atomic E-state index is 10.4. The molecule has 0 bridgehead atoms. The fraction of sp³-hybridized carbons (Fsp3) is 0.375. The maximum atomic E-state index is 10.4. The highest BCUT2D eigenvalue weighted by atomic mass is 16.1. The van der Waals surface area contributed by atoms with E-state index in [2.05, 4.69) is 5.32 Å². The zero-order valence-electron chi connectivity index (χ0n) is 6.27. The molecule has 0 aliphatic carbocycles. The molecule has 2 heteroatoms. The van der Waals surface area contributed by atoms with Crippen molar-refractivity contribution in [3.05, 3.63) is 11.6 Å². The second-order valence-electron chi connectivity index (χ2n) is 2.14. The first-order chi connectivity index (χ1) is 4.66. The van der Waals surface area contributed by atoms with Crippen LogP contribution in [-0.4, -0.2) is 12.5 Å². The Labute approximate surface area is 61.3 Å². The predicted octanol–water partition coefficient (Wildman–Crippen LogP) is 0.702. The molecule has 0 heterocycles. The summed E-state index contributed by atoms with van der Waals surface area (Å²) in [5, 5.41) is 2.51.